The Morgan fingerprint density at radius 3 is 2.39 bits per heavy atom. The molecule has 0 fully saturated rings. The number of hydrogen-bond donors (Lipinski definition) is 1. The Morgan fingerprint density at radius 1 is 0.964 bits per heavy atom. The average Bonchev–Trinajstić information content (AvgIpc) is 3.13. The second-order valence-corrected chi connectivity index (χ2v) is 6.94. The highest BCUT2D eigenvalue weighted by Gasteiger charge is 2.19. The zero-order valence-electron chi connectivity index (χ0n) is 16.5. The number of carbonyl (C=O) groups is 2. The highest BCUT2D eigenvalue weighted by atomic mass is 16.2. The molecule has 5 heteroatoms. The molecule has 0 spiro atoms. The van der Waals surface area contributed by atoms with Crippen molar-refractivity contribution in [3.63, 3.8) is 0 Å². The van der Waals surface area contributed by atoms with Crippen molar-refractivity contribution >= 4 is 22.7 Å². The SMILES string of the molecule is CCN(Cc1ccccc1)C(=O)CN(CCc1c[nH]c2ccccc12)C(C)=O. The van der Waals surface area contributed by atoms with Crippen molar-refractivity contribution in [2.45, 2.75) is 26.8 Å². The fourth-order valence-corrected chi connectivity index (χ4v) is 3.39. The van der Waals surface area contributed by atoms with Crippen molar-refractivity contribution in [2.75, 3.05) is 19.6 Å². The molecular formula is C23H27N3O2. The minimum Gasteiger partial charge on any atom is -0.361 e. The van der Waals surface area contributed by atoms with Crippen LogP contribution < -0.4 is 0 Å². The molecule has 0 radical (unpaired) electrons. The van der Waals surface area contributed by atoms with Crippen molar-refractivity contribution in [3.8, 4) is 0 Å². The van der Waals surface area contributed by atoms with Crippen LogP contribution in [0.2, 0.25) is 0 Å². The van der Waals surface area contributed by atoms with E-state index in [0.717, 1.165) is 22.0 Å². The van der Waals surface area contributed by atoms with E-state index in [1.54, 1.807) is 9.80 Å². The minimum atomic E-state index is -0.0797. The molecule has 0 atom stereocenters. The summed E-state index contributed by atoms with van der Waals surface area (Å²) >= 11 is 0. The van der Waals surface area contributed by atoms with Gasteiger partial charge in [-0.05, 0) is 30.5 Å². The van der Waals surface area contributed by atoms with Gasteiger partial charge in [0.25, 0.3) is 0 Å². The van der Waals surface area contributed by atoms with Gasteiger partial charge in [-0.15, -0.1) is 0 Å². The van der Waals surface area contributed by atoms with Crippen LogP contribution in [0.3, 0.4) is 0 Å². The van der Waals surface area contributed by atoms with E-state index in [9.17, 15) is 9.59 Å². The molecule has 1 N–H and O–H groups in total. The van der Waals surface area contributed by atoms with Crippen molar-refractivity contribution in [3.05, 3.63) is 71.9 Å². The molecule has 146 valence electrons. The number of aromatic amines is 1. The number of amides is 2. The number of benzene rings is 2. The molecule has 0 aliphatic rings. The molecule has 2 amide bonds. The van der Waals surface area contributed by atoms with Crippen LogP contribution in [0.5, 0.6) is 0 Å². The number of hydrogen-bond acceptors (Lipinski definition) is 2. The topological polar surface area (TPSA) is 56.4 Å². The lowest BCUT2D eigenvalue weighted by molar-refractivity contribution is -0.139. The Kier molecular flexibility index (Phi) is 6.48. The predicted octanol–water partition coefficient (Wildman–Crippen LogP) is 3.61. The zero-order valence-corrected chi connectivity index (χ0v) is 16.5. The largest absolute Gasteiger partial charge is 0.361 e. The summed E-state index contributed by atoms with van der Waals surface area (Å²) < 4.78 is 0. The molecule has 0 unspecified atom stereocenters. The van der Waals surface area contributed by atoms with Gasteiger partial charge in [0, 0.05) is 43.7 Å². The Bertz CT molecular complexity index is 933. The third-order valence-electron chi connectivity index (χ3n) is 5.05. The molecule has 0 bridgehead atoms. The van der Waals surface area contributed by atoms with Gasteiger partial charge in [-0.2, -0.15) is 0 Å². The van der Waals surface area contributed by atoms with Gasteiger partial charge in [0.2, 0.25) is 11.8 Å². The number of para-hydroxylation sites is 1. The summed E-state index contributed by atoms with van der Waals surface area (Å²) in [7, 11) is 0. The van der Waals surface area contributed by atoms with Gasteiger partial charge in [-0.25, -0.2) is 0 Å². The van der Waals surface area contributed by atoms with Crippen LogP contribution in [0.1, 0.15) is 25.0 Å². The Balaban J connectivity index is 1.63. The van der Waals surface area contributed by atoms with Gasteiger partial charge in [0.15, 0.2) is 0 Å². The highest BCUT2D eigenvalue weighted by molar-refractivity contribution is 5.84. The Morgan fingerprint density at radius 2 is 1.68 bits per heavy atom. The van der Waals surface area contributed by atoms with E-state index in [4.69, 9.17) is 0 Å². The number of H-pyrrole nitrogens is 1. The molecule has 2 aromatic carbocycles. The van der Waals surface area contributed by atoms with Crippen LogP contribution in [0.4, 0.5) is 0 Å². The van der Waals surface area contributed by atoms with E-state index in [0.29, 0.717) is 26.1 Å². The summed E-state index contributed by atoms with van der Waals surface area (Å²) in [5.41, 5.74) is 3.33. The first kappa shape index (κ1) is 19.7. The molecule has 1 heterocycles. The number of nitrogens with zero attached hydrogens (tertiary/aromatic N) is 2. The first-order chi connectivity index (χ1) is 13.6. The van der Waals surface area contributed by atoms with Crippen LogP contribution in [-0.4, -0.2) is 46.2 Å². The molecule has 3 aromatic rings. The van der Waals surface area contributed by atoms with Crippen molar-refractivity contribution < 1.29 is 9.59 Å². The zero-order chi connectivity index (χ0) is 19.9. The molecule has 0 saturated carbocycles. The van der Waals surface area contributed by atoms with E-state index in [2.05, 4.69) is 11.1 Å². The van der Waals surface area contributed by atoms with E-state index in [1.165, 1.54) is 6.92 Å². The minimum absolute atomic E-state index is 0.0273. The molecule has 3 rings (SSSR count). The summed E-state index contributed by atoms with van der Waals surface area (Å²) in [6, 6.07) is 18.0. The summed E-state index contributed by atoms with van der Waals surface area (Å²) in [5, 5.41) is 1.16. The van der Waals surface area contributed by atoms with Crippen LogP contribution in [0.15, 0.2) is 60.8 Å². The normalized spacial score (nSPS) is 10.8. The molecule has 1 aromatic heterocycles. The fourth-order valence-electron chi connectivity index (χ4n) is 3.39. The third-order valence-corrected chi connectivity index (χ3v) is 5.05. The Hall–Kier alpha value is -3.08. The summed E-state index contributed by atoms with van der Waals surface area (Å²) in [6.45, 7) is 5.29. The summed E-state index contributed by atoms with van der Waals surface area (Å²) in [6.07, 6.45) is 2.69. The standard InChI is InChI=1S/C23H27N3O2/c1-3-25(16-19-9-5-4-6-10-19)23(28)17-26(18(2)27)14-13-20-15-24-22-12-8-7-11-21(20)22/h4-12,15,24H,3,13-14,16-17H2,1-2H3. The first-order valence-electron chi connectivity index (χ1n) is 9.70. The molecule has 0 aliphatic heterocycles. The first-order valence-corrected chi connectivity index (χ1v) is 9.70. The van der Waals surface area contributed by atoms with Gasteiger partial charge in [-0.3, -0.25) is 9.59 Å². The van der Waals surface area contributed by atoms with E-state index >= 15 is 0 Å². The van der Waals surface area contributed by atoms with Crippen molar-refractivity contribution in [1.29, 1.82) is 0 Å². The number of likely N-dealkylation sites (N-methyl/N-ethyl adjacent to an activating group) is 1. The van der Waals surface area contributed by atoms with Gasteiger partial charge in [-0.1, -0.05) is 48.5 Å². The highest BCUT2D eigenvalue weighted by Crippen LogP contribution is 2.18. The monoisotopic (exact) mass is 377 g/mol. The molecular weight excluding hydrogens is 350 g/mol. The van der Waals surface area contributed by atoms with E-state index in [1.807, 2.05) is 61.7 Å². The fraction of sp³-hybridized carbons (Fsp3) is 0.304. The second-order valence-electron chi connectivity index (χ2n) is 6.94. The summed E-state index contributed by atoms with van der Waals surface area (Å²) in [4.78, 5) is 31.6. The lowest BCUT2D eigenvalue weighted by Gasteiger charge is -2.26. The maximum absolute atomic E-state index is 12.8. The number of nitrogens with one attached hydrogen (secondary N) is 1. The van der Waals surface area contributed by atoms with Crippen LogP contribution in [-0.2, 0) is 22.6 Å². The van der Waals surface area contributed by atoms with E-state index < -0.39 is 0 Å². The summed E-state index contributed by atoms with van der Waals surface area (Å²) in [5.74, 6) is -0.107. The second kappa shape index (κ2) is 9.22. The van der Waals surface area contributed by atoms with Gasteiger partial charge >= 0.3 is 0 Å². The molecule has 0 saturated heterocycles. The van der Waals surface area contributed by atoms with Crippen LogP contribution >= 0.6 is 0 Å². The molecule has 0 aliphatic carbocycles. The number of rotatable bonds is 8. The molecule has 28 heavy (non-hydrogen) atoms. The maximum atomic E-state index is 12.8. The van der Waals surface area contributed by atoms with Gasteiger partial charge in [0.05, 0.1) is 6.54 Å². The van der Waals surface area contributed by atoms with Crippen molar-refractivity contribution in [2.24, 2.45) is 0 Å². The maximum Gasteiger partial charge on any atom is 0.242 e. The lowest BCUT2D eigenvalue weighted by Crippen LogP contribution is -2.42. The van der Waals surface area contributed by atoms with Gasteiger partial charge < -0.3 is 14.8 Å². The lowest BCUT2D eigenvalue weighted by atomic mass is 10.1. The van der Waals surface area contributed by atoms with Gasteiger partial charge in [0.1, 0.15) is 0 Å². The predicted molar refractivity (Wildman–Crippen MR) is 112 cm³/mol. The quantitative estimate of drug-likeness (QED) is 0.652. The molecule has 5 nitrogen and oxygen atoms in total. The number of carbonyl (C=O) groups excluding carboxylic acids is 2. The van der Waals surface area contributed by atoms with Crippen molar-refractivity contribution in [1.82, 2.24) is 14.8 Å². The van der Waals surface area contributed by atoms with Crippen LogP contribution in [0.25, 0.3) is 10.9 Å². The Labute approximate surface area is 166 Å². The number of fused-ring (bicyclic) bond motifs is 1. The average molecular weight is 377 g/mol. The number of aromatic nitrogens is 1. The van der Waals surface area contributed by atoms with E-state index in [-0.39, 0.29) is 18.4 Å². The third kappa shape index (κ3) is 4.80. The smallest absolute Gasteiger partial charge is 0.242 e. The van der Waals surface area contributed by atoms with Crippen LogP contribution in [0, 0.1) is 0 Å².